The molecule has 24 heavy (non-hydrogen) atoms. The summed E-state index contributed by atoms with van der Waals surface area (Å²) in [6, 6.07) is 0. The Kier molecular flexibility index (Phi) is 7.71. The van der Waals surface area contributed by atoms with Gasteiger partial charge in [-0.05, 0) is 13.8 Å². The van der Waals surface area contributed by atoms with E-state index in [-0.39, 0.29) is 40.7 Å². The Bertz CT molecular complexity index is 558. The summed E-state index contributed by atoms with van der Waals surface area (Å²) in [5, 5.41) is 3.22. The molecule has 0 atom stereocenters. The maximum atomic E-state index is 12.4. The number of likely N-dealkylation sites (tertiary alicyclic amines) is 1. The van der Waals surface area contributed by atoms with Gasteiger partial charge in [-0.1, -0.05) is 13.8 Å². The first kappa shape index (κ1) is 22.3. The van der Waals surface area contributed by atoms with Crippen LogP contribution in [0.1, 0.15) is 27.7 Å². The van der Waals surface area contributed by atoms with E-state index in [4.69, 9.17) is 0 Å². The van der Waals surface area contributed by atoms with Gasteiger partial charge in [-0.15, -0.1) is 24.0 Å². The minimum absolute atomic E-state index is 0. The molecule has 142 valence electrons. The summed E-state index contributed by atoms with van der Waals surface area (Å²) >= 11 is 1.81. The zero-order valence-corrected chi connectivity index (χ0v) is 19.3. The summed E-state index contributed by atoms with van der Waals surface area (Å²) in [6.07, 6.45) is 0. The lowest BCUT2D eigenvalue weighted by Crippen LogP contribution is -2.72. The molecule has 0 aliphatic carbocycles. The zero-order valence-electron chi connectivity index (χ0n) is 15.3. The fraction of sp³-hybridized carbons (Fsp3) is 0.933. The van der Waals surface area contributed by atoms with E-state index >= 15 is 0 Å². The van der Waals surface area contributed by atoms with Crippen LogP contribution in [0.2, 0.25) is 0 Å². The van der Waals surface area contributed by atoms with E-state index < -0.39 is 10.0 Å². The number of hydrogen-bond donors (Lipinski definition) is 1. The molecule has 9 heteroatoms. The van der Waals surface area contributed by atoms with E-state index in [2.05, 4.69) is 42.9 Å². The van der Waals surface area contributed by atoms with Crippen molar-refractivity contribution in [2.45, 2.75) is 33.2 Å². The molecule has 0 radical (unpaired) electrons. The minimum atomic E-state index is -3.17. The van der Waals surface area contributed by atoms with Crippen LogP contribution >= 0.6 is 35.7 Å². The van der Waals surface area contributed by atoms with E-state index in [0.717, 1.165) is 24.0 Å². The Morgan fingerprint density at radius 3 is 2.25 bits per heavy atom. The van der Waals surface area contributed by atoms with Crippen LogP contribution in [0.3, 0.4) is 0 Å². The molecular formula is C15H31IN4O2S2. The summed E-state index contributed by atoms with van der Waals surface area (Å²) in [4.78, 5) is 6.54. The number of rotatable bonds is 4. The molecule has 6 nitrogen and oxygen atoms in total. The van der Waals surface area contributed by atoms with Gasteiger partial charge < -0.3 is 10.2 Å². The van der Waals surface area contributed by atoms with Crippen molar-refractivity contribution in [3.8, 4) is 0 Å². The van der Waals surface area contributed by atoms with Crippen LogP contribution in [0, 0.1) is 5.41 Å². The van der Waals surface area contributed by atoms with Crippen molar-refractivity contribution in [1.82, 2.24) is 14.5 Å². The van der Waals surface area contributed by atoms with Crippen molar-refractivity contribution < 1.29 is 8.42 Å². The molecule has 2 heterocycles. The first-order valence-electron chi connectivity index (χ1n) is 8.16. The topological polar surface area (TPSA) is 65.0 Å². The Morgan fingerprint density at radius 2 is 1.79 bits per heavy atom. The molecule has 0 aromatic rings. The Hall–Kier alpha value is 0.260. The van der Waals surface area contributed by atoms with Gasteiger partial charge in [-0.25, -0.2) is 12.7 Å². The highest BCUT2D eigenvalue weighted by Crippen LogP contribution is 2.46. The number of halogens is 1. The van der Waals surface area contributed by atoms with E-state index in [1.807, 2.05) is 11.8 Å². The molecule has 2 fully saturated rings. The molecule has 1 N–H and O–H groups in total. The number of nitrogens with one attached hydrogen (secondary N) is 1. The lowest BCUT2D eigenvalue weighted by Gasteiger charge is -2.62. The molecule has 2 aliphatic heterocycles. The maximum Gasteiger partial charge on any atom is 0.215 e. The average molecular weight is 490 g/mol. The molecule has 0 aromatic heterocycles. The van der Waals surface area contributed by atoms with Crippen LogP contribution in [0.25, 0.3) is 0 Å². The summed E-state index contributed by atoms with van der Waals surface area (Å²) in [6.45, 7) is 11.5. The first-order chi connectivity index (χ1) is 10.6. The third-order valence-corrected chi connectivity index (χ3v) is 8.17. The molecule has 0 unspecified atom stereocenters. The van der Waals surface area contributed by atoms with Gasteiger partial charge in [-0.3, -0.25) is 4.99 Å². The van der Waals surface area contributed by atoms with Gasteiger partial charge in [0.1, 0.15) is 0 Å². The van der Waals surface area contributed by atoms with Crippen molar-refractivity contribution in [2.75, 3.05) is 50.5 Å². The van der Waals surface area contributed by atoms with Crippen LogP contribution < -0.4 is 5.32 Å². The van der Waals surface area contributed by atoms with E-state index in [1.165, 1.54) is 0 Å². The molecular weight excluding hydrogens is 459 g/mol. The van der Waals surface area contributed by atoms with Crippen LogP contribution in [-0.2, 0) is 10.0 Å². The lowest BCUT2D eigenvalue weighted by atomic mass is 9.65. The number of sulfonamides is 1. The highest BCUT2D eigenvalue weighted by molar-refractivity contribution is 14.0. The van der Waals surface area contributed by atoms with E-state index in [0.29, 0.717) is 19.6 Å². The van der Waals surface area contributed by atoms with Crippen LogP contribution in [0.4, 0.5) is 0 Å². The number of guanidine groups is 1. The zero-order chi connectivity index (χ0) is 17.3. The normalized spacial score (nSPS) is 24.0. The highest BCUT2D eigenvalue weighted by Gasteiger charge is 2.53. The molecule has 0 aromatic carbocycles. The van der Waals surface area contributed by atoms with Gasteiger partial charge in [0.2, 0.25) is 10.0 Å². The van der Waals surface area contributed by atoms with Gasteiger partial charge in [0.25, 0.3) is 0 Å². The van der Waals surface area contributed by atoms with Gasteiger partial charge in [0, 0.05) is 55.7 Å². The third-order valence-electron chi connectivity index (χ3n) is 5.36. The lowest BCUT2D eigenvalue weighted by molar-refractivity contribution is -0.0666. The van der Waals surface area contributed by atoms with Crippen LogP contribution in [0.15, 0.2) is 4.99 Å². The van der Waals surface area contributed by atoms with Crippen molar-refractivity contribution in [3.63, 3.8) is 0 Å². The second-order valence-electron chi connectivity index (χ2n) is 7.33. The molecule has 0 saturated carbocycles. The quantitative estimate of drug-likeness (QED) is 0.369. The number of aliphatic imine (C=N–C) groups is 1. The molecule has 0 spiro atoms. The monoisotopic (exact) mass is 490 g/mol. The number of hydrogen-bond acceptors (Lipinski definition) is 4. The van der Waals surface area contributed by atoms with E-state index in [9.17, 15) is 8.42 Å². The summed E-state index contributed by atoms with van der Waals surface area (Å²) in [5.74, 6) is 2.70. The van der Waals surface area contributed by atoms with Gasteiger partial charge in [0.15, 0.2) is 5.96 Å². The molecule has 0 amide bonds. The van der Waals surface area contributed by atoms with Crippen LogP contribution in [-0.4, -0.2) is 79.6 Å². The Morgan fingerprint density at radius 1 is 1.21 bits per heavy atom. The summed E-state index contributed by atoms with van der Waals surface area (Å²) in [7, 11) is -1.42. The second kappa shape index (κ2) is 8.30. The van der Waals surface area contributed by atoms with Crippen molar-refractivity contribution in [1.29, 1.82) is 0 Å². The predicted molar refractivity (Wildman–Crippen MR) is 114 cm³/mol. The van der Waals surface area contributed by atoms with Crippen LogP contribution in [0.5, 0.6) is 0 Å². The smallest absolute Gasteiger partial charge is 0.215 e. The Labute approximate surface area is 168 Å². The van der Waals surface area contributed by atoms with Crippen molar-refractivity contribution in [3.05, 3.63) is 0 Å². The molecule has 2 rings (SSSR count). The van der Waals surface area contributed by atoms with Gasteiger partial charge >= 0.3 is 0 Å². The second-order valence-corrected chi connectivity index (χ2v) is 10.6. The predicted octanol–water partition coefficient (Wildman–Crippen LogP) is 1.68. The third kappa shape index (κ3) is 4.50. The van der Waals surface area contributed by atoms with Gasteiger partial charge in [-0.2, -0.15) is 11.8 Å². The van der Waals surface area contributed by atoms with E-state index in [1.54, 1.807) is 11.4 Å². The minimum Gasteiger partial charge on any atom is -0.355 e. The fourth-order valence-corrected chi connectivity index (χ4v) is 5.43. The van der Waals surface area contributed by atoms with Crippen molar-refractivity contribution in [2.24, 2.45) is 10.4 Å². The SMILES string of the molecule is CN=C(NCCS(=O)(=O)N1CCSCC1)N1CC(C)(C)C1(C)C.I. The molecule has 2 aliphatic rings. The average Bonchev–Trinajstić information content (AvgIpc) is 2.50. The van der Waals surface area contributed by atoms with Crippen molar-refractivity contribution >= 4 is 51.7 Å². The molecule has 2 saturated heterocycles. The number of thioether (sulfide) groups is 1. The summed E-state index contributed by atoms with van der Waals surface area (Å²) < 4.78 is 26.3. The number of nitrogens with zero attached hydrogens (tertiary/aromatic N) is 3. The first-order valence-corrected chi connectivity index (χ1v) is 10.9. The highest BCUT2D eigenvalue weighted by atomic mass is 127. The maximum absolute atomic E-state index is 12.4. The summed E-state index contributed by atoms with van der Waals surface area (Å²) in [5.41, 5.74) is 0.236. The van der Waals surface area contributed by atoms with Gasteiger partial charge in [0.05, 0.1) is 5.75 Å². The largest absolute Gasteiger partial charge is 0.355 e. The fourth-order valence-electron chi connectivity index (χ4n) is 2.94. The molecule has 0 bridgehead atoms. The standard InChI is InChI=1S/C15H30N4O2S2.HI/c1-14(2)12-19(15(14,3)4)13(16-5)17-6-11-23(20,21)18-7-9-22-10-8-18;/h6-12H2,1-5H3,(H,16,17);1H. The Balaban J connectivity index is 0.00000288.